The van der Waals surface area contributed by atoms with Gasteiger partial charge in [0.2, 0.25) is 11.8 Å². The van der Waals surface area contributed by atoms with Crippen LogP contribution in [0.15, 0.2) is 30.5 Å². The van der Waals surface area contributed by atoms with Gasteiger partial charge in [-0.15, -0.1) is 0 Å². The summed E-state index contributed by atoms with van der Waals surface area (Å²) in [7, 11) is 0. The van der Waals surface area contributed by atoms with E-state index < -0.39 is 0 Å². The number of nitrogens with zero attached hydrogens (tertiary/aromatic N) is 2. The van der Waals surface area contributed by atoms with Crippen LogP contribution < -0.4 is 5.73 Å². The molecule has 1 saturated heterocycles. The van der Waals surface area contributed by atoms with Crippen molar-refractivity contribution in [3.63, 3.8) is 0 Å². The van der Waals surface area contributed by atoms with Crippen LogP contribution in [0.4, 0.5) is 0 Å². The Bertz CT molecular complexity index is 717. The number of likely N-dealkylation sites (tertiary alicyclic amines) is 1. The molecule has 116 valence electrons. The molecule has 0 spiro atoms. The van der Waals surface area contributed by atoms with Crippen LogP contribution >= 0.6 is 11.6 Å². The molecule has 2 amide bonds. The standard InChI is InChI=1S/C16H18ClN3O2/c17-13-2-1-11-3-8-20(14(11)9-13)10-15(21)19-6-4-12(5-7-19)16(18)22/h1-3,8-9,12H,4-7,10H2,(H2,18,22). The Labute approximate surface area is 133 Å². The molecule has 0 bridgehead atoms. The van der Waals surface area contributed by atoms with Gasteiger partial charge in [0.05, 0.1) is 0 Å². The normalized spacial score (nSPS) is 16.1. The Balaban J connectivity index is 1.69. The van der Waals surface area contributed by atoms with Crippen molar-refractivity contribution in [2.24, 2.45) is 11.7 Å². The third kappa shape index (κ3) is 2.95. The van der Waals surface area contributed by atoms with E-state index in [1.807, 2.05) is 35.0 Å². The molecule has 0 atom stereocenters. The zero-order valence-corrected chi connectivity index (χ0v) is 12.9. The predicted molar refractivity (Wildman–Crippen MR) is 85.4 cm³/mol. The molecule has 1 fully saturated rings. The van der Waals surface area contributed by atoms with Gasteiger partial charge in [-0.3, -0.25) is 9.59 Å². The second-order valence-corrected chi connectivity index (χ2v) is 6.14. The van der Waals surface area contributed by atoms with Gasteiger partial charge < -0.3 is 15.2 Å². The van der Waals surface area contributed by atoms with Crippen LogP contribution in [0.25, 0.3) is 10.9 Å². The van der Waals surface area contributed by atoms with Gasteiger partial charge in [-0.2, -0.15) is 0 Å². The number of piperidine rings is 1. The van der Waals surface area contributed by atoms with E-state index in [-0.39, 0.29) is 24.3 Å². The highest BCUT2D eigenvalue weighted by Crippen LogP contribution is 2.21. The van der Waals surface area contributed by atoms with E-state index in [0.717, 1.165) is 10.9 Å². The Morgan fingerprint density at radius 1 is 1.23 bits per heavy atom. The summed E-state index contributed by atoms with van der Waals surface area (Å²) in [6.45, 7) is 1.46. The second-order valence-electron chi connectivity index (χ2n) is 5.70. The van der Waals surface area contributed by atoms with Gasteiger partial charge in [0, 0.05) is 35.7 Å². The summed E-state index contributed by atoms with van der Waals surface area (Å²) >= 11 is 6.03. The number of rotatable bonds is 3. The molecule has 1 aromatic heterocycles. The van der Waals surface area contributed by atoms with Crippen LogP contribution in [0.3, 0.4) is 0 Å². The number of benzene rings is 1. The molecule has 5 nitrogen and oxygen atoms in total. The minimum atomic E-state index is -0.266. The van der Waals surface area contributed by atoms with Gasteiger partial charge in [-0.05, 0) is 36.4 Å². The van der Waals surface area contributed by atoms with Gasteiger partial charge in [0.1, 0.15) is 6.54 Å². The highest BCUT2D eigenvalue weighted by atomic mass is 35.5. The highest BCUT2D eigenvalue weighted by molar-refractivity contribution is 6.31. The van der Waals surface area contributed by atoms with Gasteiger partial charge >= 0.3 is 0 Å². The molecular formula is C16H18ClN3O2. The van der Waals surface area contributed by atoms with Crippen molar-refractivity contribution in [1.29, 1.82) is 0 Å². The number of halogens is 1. The fraction of sp³-hybridized carbons (Fsp3) is 0.375. The third-order valence-electron chi connectivity index (χ3n) is 4.29. The van der Waals surface area contributed by atoms with Crippen LogP contribution in [0.1, 0.15) is 12.8 Å². The van der Waals surface area contributed by atoms with E-state index in [2.05, 4.69) is 0 Å². The van der Waals surface area contributed by atoms with Crippen LogP contribution in [-0.2, 0) is 16.1 Å². The van der Waals surface area contributed by atoms with Crippen molar-refractivity contribution >= 4 is 34.3 Å². The first-order chi connectivity index (χ1) is 10.5. The summed E-state index contributed by atoms with van der Waals surface area (Å²) in [5, 5.41) is 1.71. The minimum Gasteiger partial charge on any atom is -0.369 e. The third-order valence-corrected chi connectivity index (χ3v) is 4.53. The summed E-state index contributed by atoms with van der Waals surface area (Å²) in [4.78, 5) is 25.4. The average molecular weight is 320 g/mol. The smallest absolute Gasteiger partial charge is 0.242 e. The quantitative estimate of drug-likeness (QED) is 0.940. The highest BCUT2D eigenvalue weighted by Gasteiger charge is 2.25. The minimum absolute atomic E-state index is 0.0559. The molecule has 1 aliphatic heterocycles. The van der Waals surface area contributed by atoms with Crippen LogP contribution in [0.5, 0.6) is 0 Å². The van der Waals surface area contributed by atoms with Gasteiger partial charge in [0.15, 0.2) is 0 Å². The average Bonchev–Trinajstić information content (AvgIpc) is 2.89. The van der Waals surface area contributed by atoms with E-state index in [0.29, 0.717) is 31.0 Å². The van der Waals surface area contributed by atoms with Crippen molar-refractivity contribution in [1.82, 2.24) is 9.47 Å². The summed E-state index contributed by atoms with van der Waals surface area (Å²) < 4.78 is 1.91. The van der Waals surface area contributed by atoms with Crippen molar-refractivity contribution in [3.05, 3.63) is 35.5 Å². The first kappa shape index (κ1) is 14.9. The first-order valence-corrected chi connectivity index (χ1v) is 7.74. The SMILES string of the molecule is NC(=O)C1CCN(C(=O)Cn2ccc3ccc(Cl)cc32)CC1. The van der Waals surface area contributed by atoms with E-state index in [1.165, 1.54) is 0 Å². The number of fused-ring (bicyclic) bond motifs is 1. The maximum atomic E-state index is 12.4. The lowest BCUT2D eigenvalue weighted by Crippen LogP contribution is -2.42. The molecule has 1 aliphatic rings. The second kappa shape index (κ2) is 6.01. The Hall–Kier alpha value is -2.01. The number of carbonyl (C=O) groups excluding carboxylic acids is 2. The summed E-state index contributed by atoms with van der Waals surface area (Å²) in [6, 6.07) is 7.61. The molecule has 0 aliphatic carbocycles. The topological polar surface area (TPSA) is 68.3 Å². The number of carbonyl (C=O) groups is 2. The number of hydrogen-bond donors (Lipinski definition) is 1. The first-order valence-electron chi connectivity index (χ1n) is 7.36. The number of nitrogens with two attached hydrogens (primary N) is 1. The van der Waals surface area contributed by atoms with Gasteiger partial charge in [-0.1, -0.05) is 17.7 Å². The molecule has 1 aromatic carbocycles. The molecular weight excluding hydrogens is 302 g/mol. The van der Waals surface area contributed by atoms with Crippen LogP contribution in [0.2, 0.25) is 5.02 Å². The molecule has 2 heterocycles. The maximum absolute atomic E-state index is 12.4. The van der Waals surface area contributed by atoms with Crippen molar-refractivity contribution in [3.8, 4) is 0 Å². The maximum Gasteiger partial charge on any atom is 0.242 e. The monoisotopic (exact) mass is 319 g/mol. The summed E-state index contributed by atoms with van der Waals surface area (Å²) in [5.41, 5.74) is 6.27. The Morgan fingerprint density at radius 2 is 1.95 bits per heavy atom. The Kier molecular flexibility index (Phi) is 4.07. The summed E-state index contributed by atoms with van der Waals surface area (Å²) in [5.74, 6) is -0.311. The number of amides is 2. The predicted octanol–water partition coefficient (Wildman–Crippen LogP) is 2.02. The number of hydrogen-bond acceptors (Lipinski definition) is 2. The fourth-order valence-electron chi connectivity index (χ4n) is 2.95. The largest absolute Gasteiger partial charge is 0.369 e. The van der Waals surface area contributed by atoms with Crippen molar-refractivity contribution in [2.45, 2.75) is 19.4 Å². The molecule has 0 saturated carbocycles. The van der Waals surface area contributed by atoms with E-state index in [4.69, 9.17) is 17.3 Å². The number of aromatic nitrogens is 1. The molecule has 2 aromatic rings. The van der Waals surface area contributed by atoms with Crippen molar-refractivity contribution in [2.75, 3.05) is 13.1 Å². The molecule has 0 radical (unpaired) electrons. The zero-order chi connectivity index (χ0) is 15.7. The fourth-order valence-corrected chi connectivity index (χ4v) is 3.12. The molecule has 2 N–H and O–H groups in total. The van der Waals surface area contributed by atoms with E-state index >= 15 is 0 Å². The molecule has 0 unspecified atom stereocenters. The number of primary amides is 1. The lowest BCUT2D eigenvalue weighted by Gasteiger charge is -2.30. The Morgan fingerprint density at radius 3 is 2.64 bits per heavy atom. The van der Waals surface area contributed by atoms with Gasteiger partial charge in [0.25, 0.3) is 0 Å². The van der Waals surface area contributed by atoms with Crippen molar-refractivity contribution < 1.29 is 9.59 Å². The summed E-state index contributed by atoms with van der Waals surface area (Å²) in [6.07, 6.45) is 3.20. The zero-order valence-electron chi connectivity index (χ0n) is 12.2. The van der Waals surface area contributed by atoms with E-state index in [9.17, 15) is 9.59 Å². The van der Waals surface area contributed by atoms with Crippen LogP contribution in [0, 0.1) is 5.92 Å². The molecule has 22 heavy (non-hydrogen) atoms. The molecule has 3 rings (SSSR count). The lowest BCUT2D eigenvalue weighted by atomic mass is 9.96. The molecule has 6 heteroatoms. The van der Waals surface area contributed by atoms with E-state index in [1.54, 1.807) is 4.90 Å². The van der Waals surface area contributed by atoms with Gasteiger partial charge in [-0.25, -0.2) is 0 Å². The lowest BCUT2D eigenvalue weighted by molar-refractivity contribution is -0.135. The van der Waals surface area contributed by atoms with Crippen LogP contribution in [-0.4, -0.2) is 34.4 Å².